The van der Waals surface area contributed by atoms with Gasteiger partial charge < -0.3 is 35.8 Å². The van der Waals surface area contributed by atoms with Gasteiger partial charge in [0.05, 0.1) is 12.6 Å². The fourth-order valence-electron chi connectivity index (χ4n) is 2.59. The first-order valence-electron chi connectivity index (χ1n) is 7.74. The lowest BCUT2D eigenvalue weighted by atomic mass is 9.96. The summed E-state index contributed by atoms with van der Waals surface area (Å²) in [6.45, 7) is 1.11. The monoisotopic (exact) mass is 306 g/mol. The van der Waals surface area contributed by atoms with Crippen LogP contribution in [0.25, 0.3) is 0 Å². The van der Waals surface area contributed by atoms with E-state index in [0.29, 0.717) is 6.54 Å². The lowest BCUT2D eigenvalue weighted by Crippen LogP contribution is -2.64. The maximum Gasteiger partial charge on any atom is 0.185 e. The normalized spacial score (nSPS) is 33.3. The average molecular weight is 306 g/mol. The molecule has 1 rings (SSSR count). The Bertz CT molecular complexity index is 254. The molecule has 0 spiro atoms. The molecular weight excluding hydrogens is 276 g/mol. The maximum absolute atomic E-state index is 10.1. The molecule has 1 aliphatic rings. The lowest BCUT2D eigenvalue weighted by Gasteiger charge is -2.42. The van der Waals surface area contributed by atoms with Crippen LogP contribution in [0.4, 0.5) is 0 Å². The Balaban J connectivity index is 2.32. The molecule has 5 atom stereocenters. The topological polar surface area (TPSA) is 117 Å². The van der Waals surface area contributed by atoms with Gasteiger partial charge in [-0.25, -0.2) is 0 Å². The summed E-state index contributed by atoms with van der Waals surface area (Å²) >= 11 is 0. The van der Waals surface area contributed by atoms with Crippen molar-refractivity contribution in [3.05, 3.63) is 0 Å². The number of methoxy groups -OCH3 is 1. The van der Waals surface area contributed by atoms with Crippen LogP contribution in [0.2, 0.25) is 0 Å². The Hall–Kier alpha value is -0.280. The van der Waals surface area contributed by atoms with Crippen molar-refractivity contribution in [2.24, 2.45) is 5.73 Å². The van der Waals surface area contributed by atoms with Crippen LogP contribution in [0, 0.1) is 0 Å². The predicted molar refractivity (Wildman–Crippen MR) is 78.7 cm³/mol. The molecule has 0 radical (unpaired) electrons. The van der Waals surface area contributed by atoms with Crippen LogP contribution < -0.4 is 11.1 Å². The highest BCUT2D eigenvalue weighted by Crippen LogP contribution is 2.21. The number of hydrogen-bond donors (Lipinski definition) is 5. The van der Waals surface area contributed by atoms with Crippen LogP contribution in [0.3, 0.4) is 0 Å². The van der Waals surface area contributed by atoms with Crippen molar-refractivity contribution in [2.45, 2.75) is 62.7 Å². The van der Waals surface area contributed by atoms with E-state index in [9.17, 15) is 15.3 Å². The number of unbranched alkanes of at least 4 members (excludes halogenated alkanes) is 4. The average Bonchev–Trinajstić information content (AvgIpc) is 2.49. The second-order valence-electron chi connectivity index (χ2n) is 5.48. The zero-order valence-corrected chi connectivity index (χ0v) is 12.8. The minimum atomic E-state index is -0.968. The largest absolute Gasteiger partial charge is 0.394 e. The summed E-state index contributed by atoms with van der Waals surface area (Å²) in [6, 6.07) is -0.565. The molecular formula is C14H30N2O5. The van der Waals surface area contributed by atoms with E-state index in [4.69, 9.17) is 15.2 Å². The fraction of sp³-hybridized carbons (Fsp3) is 1.00. The number of nitrogens with one attached hydrogen (secondary N) is 1. The second-order valence-corrected chi connectivity index (χ2v) is 5.48. The molecule has 0 saturated carbocycles. The summed E-state index contributed by atoms with van der Waals surface area (Å²) < 4.78 is 10.3. The number of rotatable bonds is 10. The Morgan fingerprint density at radius 3 is 2.38 bits per heavy atom. The molecule has 0 amide bonds. The molecule has 1 saturated heterocycles. The van der Waals surface area contributed by atoms with E-state index >= 15 is 0 Å². The molecule has 0 aromatic carbocycles. The van der Waals surface area contributed by atoms with Gasteiger partial charge in [0.25, 0.3) is 0 Å². The first-order valence-corrected chi connectivity index (χ1v) is 7.74. The molecule has 0 bridgehead atoms. The van der Waals surface area contributed by atoms with Gasteiger partial charge in [-0.05, 0) is 25.9 Å². The molecule has 0 aromatic heterocycles. The molecule has 126 valence electrons. The van der Waals surface area contributed by atoms with Crippen LogP contribution in [0.15, 0.2) is 0 Å². The van der Waals surface area contributed by atoms with Gasteiger partial charge in [-0.2, -0.15) is 0 Å². The van der Waals surface area contributed by atoms with Crippen molar-refractivity contribution >= 4 is 0 Å². The first-order chi connectivity index (χ1) is 10.2. The van der Waals surface area contributed by atoms with Crippen molar-refractivity contribution in [3.63, 3.8) is 0 Å². The summed E-state index contributed by atoms with van der Waals surface area (Å²) in [6.07, 6.45) is 1.85. The lowest BCUT2D eigenvalue weighted by molar-refractivity contribution is -0.271. The molecule has 1 heterocycles. The Labute approximate surface area is 126 Å². The van der Waals surface area contributed by atoms with E-state index in [2.05, 4.69) is 5.32 Å². The highest BCUT2D eigenvalue weighted by atomic mass is 16.7. The number of aliphatic hydroxyl groups excluding tert-OH is 3. The third kappa shape index (κ3) is 5.78. The zero-order valence-electron chi connectivity index (χ0n) is 12.8. The predicted octanol–water partition coefficient (Wildman–Crippen LogP) is -1.06. The van der Waals surface area contributed by atoms with Crippen molar-refractivity contribution in [3.8, 4) is 0 Å². The van der Waals surface area contributed by atoms with Crippen molar-refractivity contribution < 1.29 is 24.8 Å². The van der Waals surface area contributed by atoms with Gasteiger partial charge >= 0.3 is 0 Å². The first kappa shape index (κ1) is 18.8. The molecule has 1 aliphatic heterocycles. The van der Waals surface area contributed by atoms with Gasteiger partial charge in [0.2, 0.25) is 0 Å². The summed E-state index contributed by atoms with van der Waals surface area (Å²) in [5, 5.41) is 32.6. The van der Waals surface area contributed by atoms with Crippen LogP contribution in [0.5, 0.6) is 0 Å². The standard InChI is InChI=1S/C14H30N2O5/c1-20-14-13(19)11(12(18)10(9-17)21-14)16-8-6-4-2-3-5-7-15/h10-14,16-19H,2-9,15H2,1H3/t10-,11-,12-,13+,14+/m1/s1. The second kappa shape index (κ2) is 10.4. The number of ether oxygens (including phenoxy) is 2. The third-order valence-electron chi connectivity index (χ3n) is 3.88. The SMILES string of the molecule is CO[C@H]1O[C@H](CO)[C@@H](O)[C@@H](NCCCCCCCN)[C@@H]1O. The molecule has 0 aliphatic carbocycles. The number of hydrogen-bond acceptors (Lipinski definition) is 7. The fourth-order valence-corrected chi connectivity index (χ4v) is 2.59. The Morgan fingerprint density at radius 1 is 1.10 bits per heavy atom. The van der Waals surface area contributed by atoms with E-state index in [1.165, 1.54) is 7.11 Å². The van der Waals surface area contributed by atoms with Crippen molar-refractivity contribution in [1.29, 1.82) is 0 Å². The van der Waals surface area contributed by atoms with Crippen LogP contribution in [0.1, 0.15) is 32.1 Å². The highest BCUT2D eigenvalue weighted by Gasteiger charge is 2.44. The van der Waals surface area contributed by atoms with E-state index in [1.807, 2.05) is 0 Å². The smallest absolute Gasteiger partial charge is 0.185 e. The molecule has 0 unspecified atom stereocenters. The Kier molecular flexibility index (Phi) is 9.34. The number of nitrogens with two attached hydrogens (primary N) is 1. The quantitative estimate of drug-likeness (QED) is 0.327. The molecule has 7 nitrogen and oxygen atoms in total. The van der Waals surface area contributed by atoms with Gasteiger partial charge in [-0.15, -0.1) is 0 Å². The maximum atomic E-state index is 10.1. The van der Waals surface area contributed by atoms with E-state index in [-0.39, 0.29) is 6.61 Å². The molecule has 6 N–H and O–H groups in total. The van der Waals surface area contributed by atoms with Crippen LogP contribution in [-0.2, 0) is 9.47 Å². The van der Waals surface area contributed by atoms with E-state index in [0.717, 1.165) is 38.6 Å². The molecule has 21 heavy (non-hydrogen) atoms. The third-order valence-corrected chi connectivity index (χ3v) is 3.88. The van der Waals surface area contributed by atoms with Crippen LogP contribution >= 0.6 is 0 Å². The Morgan fingerprint density at radius 2 is 1.76 bits per heavy atom. The summed E-state index contributed by atoms with van der Waals surface area (Å²) in [5.74, 6) is 0. The van der Waals surface area contributed by atoms with Crippen molar-refractivity contribution in [2.75, 3.05) is 26.8 Å². The van der Waals surface area contributed by atoms with Crippen LogP contribution in [-0.4, -0.2) is 72.8 Å². The van der Waals surface area contributed by atoms with Gasteiger partial charge in [0.1, 0.15) is 18.3 Å². The highest BCUT2D eigenvalue weighted by molar-refractivity contribution is 4.93. The van der Waals surface area contributed by atoms with Gasteiger partial charge in [-0.1, -0.05) is 19.3 Å². The van der Waals surface area contributed by atoms with Gasteiger partial charge in [0, 0.05) is 7.11 Å². The summed E-state index contributed by atoms with van der Waals surface area (Å²) in [7, 11) is 1.43. The van der Waals surface area contributed by atoms with Crippen molar-refractivity contribution in [1.82, 2.24) is 5.32 Å². The summed E-state index contributed by atoms with van der Waals surface area (Å²) in [4.78, 5) is 0. The van der Waals surface area contributed by atoms with Gasteiger partial charge in [-0.3, -0.25) is 0 Å². The zero-order chi connectivity index (χ0) is 15.7. The summed E-state index contributed by atoms with van der Waals surface area (Å²) in [5.41, 5.74) is 5.44. The number of aliphatic hydroxyl groups is 3. The van der Waals surface area contributed by atoms with Gasteiger partial charge in [0.15, 0.2) is 6.29 Å². The molecule has 1 fully saturated rings. The minimum absolute atomic E-state index is 0.314. The minimum Gasteiger partial charge on any atom is -0.394 e. The molecule has 0 aromatic rings. The van der Waals surface area contributed by atoms with E-state index < -0.39 is 30.6 Å². The molecule has 7 heteroatoms. The van der Waals surface area contributed by atoms with E-state index in [1.54, 1.807) is 0 Å².